The number of sulfonamides is 1. The van der Waals surface area contributed by atoms with Crippen molar-refractivity contribution in [3.05, 3.63) is 29.8 Å². The van der Waals surface area contributed by atoms with Crippen molar-refractivity contribution in [3.63, 3.8) is 0 Å². The van der Waals surface area contributed by atoms with Crippen LogP contribution < -0.4 is 4.72 Å². The highest BCUT2D eigenvalue weighted by molar-refractivity contribution is 7.89. The van der Waals surface area contributed by atoms with Crippen molar-refractivity contribution in [1.29, 1.82) is 0 Å². The van der Waals surface area contributed by atoms with Gasteiger partial charge in [-0.3, -0.25) is 0 Å². The monoisotopic (exact) mass is 287 g/mol. The number of hydrogen-bond acceptors (Lipinski definition) is 2. The summed E-state index contributed by atoms with van der Waals surface area (Å²) >= 11 is 5.68. The predicted octanol–water partition coefficient (Wildman–Crippen LogP) is 2.89. The molecule has 18 heavy (non-hydrogen) atoms. The van der Waals surface area contributed by atoms with Gasteiger partial charge in [-0.1, -0.05) is 19.1 Å². The molecule has 1 N–H and O–H groups in total. The van der Waals surface area contributed by atoms with E-state index in [0.717, 1.165) is 24.8 Å². The Morgan fingerprint density at radius 1 is 1.28 bits per heavy atom. The summed E-state index contributed by atoms with van der Waals surface area (Å²) in [5.74, 6) is 1.00. The Morgan fingerprint density at radius 3 is 2.44 bits per heavy atom. The molecule has 0 aromatic heterocycles. The van der Waals surface area contributed by atoms with E-state index in [1.54, 1.807) is 24.3 Å². The highest BCUT2D eigenvalue weighted by Crippen LogP contribution is 2.26. The lowest BCUT2D eigenvalue weighted by Gasteiger charge is -2.13. The third kappa shape index (κ3) is 3.25. The maximum Gasteiger partial charge on any atom is 0.240 e. The van der Waals surface area contributed by atoms with E-state index in [0.29, 0.717) is 16.7 Å². The van der Waals surface area contributed by atoms with Gasteiger partial charge in [0.05, 0.1) is 4.90 Å². The molecule has 1 aromatic rings. The lowest BCUT2D eigenvalue weighted by Crippen LogP contribution is -2.32. The summed E-state index contributed by atoms with van der Waals surface area (Å²) in [6, 6.07) is 6.80. The summed E-state index contributed by atoms with van der Waals surface area (Å²) in [5, 5.41) is 0. The van der Waals surface area contributed by atoms with E-state index in [1.165, 1.54) is 0 Å². The number of rotatable bonds is 4. The SMILES string of the molecule is CC1CCC(NS(=O)(=O)c2ccc(CCl)cc2)C1. The van der Waals surface area contributed by atoms with Gasteiger partial charge < -0.3 is 0 Å². The van der Waals surface area contributed by atoms with Crippen LogP contribution in [0.1, 0.15) is 31.7 Å². The minimum atomic E-state index is -3.39. The minimum Gasteiger partial charge on any atom is -0.208 e. The van der Waals surface area contributed by atoms with Crippen LogP contribution in [0.5, 0.6) is 0 Å². The summed E-state index contributed by atoms with van der Waals surface area (Å²) < 4.78 is 27.1. The fourth-order valence-corrected chi connectivity index (χ4v) is 3.82. The Kier molecular flexibility index (Phi) is 4.30. The van der Waals surface area contributed by atoms with E-state index in [9.17, 15) is 8.42 Å². The highest BCUT2D eigenvalue weighted by atomic mass is 35.5. The second kappa shape index (κ2) is 5.59. The van der Waals surface area contributed by atoms with Crippen LogP contribution in [0.25, 0.3) is 0 Å². The average molecular weight is 288 g/mol. The van der Waals surface area contributed by atoms with E-state index in [4.69, 9.17) is 11.6 Å². The molecule has 0 saturated heterocycles. The second-order valence-electron chi connectivity index (χ2n) is 5.01. The molecule has 1 fully saturated rings. The molecule has 2 rings (SSSR count). The largest absolute Gasteiger partial charge is 0.240 e. The summed E-state index contributed by atoms with van der Waals surface area (Å²) in [5.41, 5.74) is 0.921. The van der Waals surface area contributed by atoms with Crippen LogP contribution in [0.4, 0.5) is 0 Å². The van der Waals surface area contributed by atoms with Gasteiger partial charge in [-0.25, -0.2) is 13.1 Å². The Hall–Kier alpha value is -0.580. The minimum absolute atomic E-state index is 0.0812. The summed E-state index contributed by atoms with van der Waals surface area (Å²) in [6.07, 6.45) is 2.96. The van der Waals surface area contributed by atoms with Crippen LogP contribution in [-0.4, -0.2) is 14.5 Å². The smallest absolute Gasteiger partial charge is 0.208 e. The Balaban J connectivity index is 2.10. The highest BCUT2D eigenvalue weighted by Gasteiger charge is 2.26. The zero-order chi connectivity index (χ0) is 13.2. The maximum absolute atomic E-state index is 12.2. The molecule has 1 saturated carbocycles. The first-order valence-electron chi connectivity index (χ1n) is 6.18. The molecule has 2 unspecified atom stereocenters. The summed E-state index contributed by atoms with van der Waals surface area (Å²) in [7, 11) is -3.39. The molecule has 0 heterocycles. The first-order chi connectivity index (χ1) is 8.51. The molecule has 5 heteroatoms. The third-order valence-corrected chi connectivity index (χ3v) is 5.25. The van der Waals surface area contributed by atoms with Gasteiger partial charge in [-0.05, 0) is 42.9 Å². The van der Waals surface area contributed by atoms with Crippen molar-refractivity contribution in [2.45, 2.75) is 43.0 Å². The van der Waals surface area contributed by atoms with Crippen molar-refractivity contribution in [1.82, 2.24) is 4.72 Å². The standard InChI is InChI=1S/C13H18ClNO2S/c1-10-2-5-12(8-10)15-18(16,17)13-6-3-11(9-14)4-7-13/h3-4,6-7,10,12,15H,2,5,8-9H2,1H3. The zero-order valence-corrected chi connectivity index (χ0v) is 12.0. The fourth-order valence-electron chi connectivity index (χ4n) is 2.36. The molecule has 1 aliphatic carbocycles. The normalized spacial score (nSPS) is 24.3. The van der Waals surface area contributed by atoms with Crippen LogP contribution in [-0.2, 0) is 15.9 Å². The van der Waals surface area contributed by atoms with E-state index in [-0.39, 0.29) is 6.04 Å². The van der Waals surface area contributed by atoms with Gasteiger partial charge in [-0.2, -0.15) is 0 Å². The van der Waals surface area contributed by atoms with Gasteiger partial charge in [0.15, 0.2) is 0 Å². The molecule has 100 valence electrons. The quantitative estimate of drug-likeness (QED) is 0.866. The zero-order valence-electron chi connectivity index (χ0n) is 10.4. The predicted molar refractivity (Wildman–Crippen MR) is 73.1 cm³/mol. The molecular formula is C13H18ClNO2S. The van der Waals surface area contributed by atoms with Gasteiger partial charge in [-0.15, -0.1) is 11.6 Å². The van der Waals surface area contributed by atoms with E-state index in [1.807, 2.05) is 0 Å². The van der Waals surface area contributed by atoms with Crippen molar-refractivity contribution in [2.75, 3.05) is 0 Å². The Labute approximate surface area is 114 Å². The molecule has 2 atom stereocenters. The first-order valence-corrected chi connectivity index (χ1v) is 8.20. The van der Waals surface area contributed by atoms with Gasteiger partial charge >= 0.3 is 0 Å². The number of nitrogens with one attached hydrogen (secondary N) is 1. The van der Waals surface area contributed by atoms with Crippen LogP contribution >= 0.6 is 11.6 Å². The Morgan fingerprint density at radius 2 is 1.94 bits per heavy atom. The van der Waals surface area contributed by atoms with Crippen LogP contribution in [0.2, 0.25) is 0 Å². The number of alkyl halides is 1. The number of benzene rings is 1. The van der Waals surface area contributed by atoms with Crippen LogP contribution in [0.3, 0.4) is 0 Å². The second-order valence-corrected chi connectivity index (χ2v) is 7.00. The van der Waals surface area contributed by atoms with Crippen molar-refractivity contribution < 1.29 is 8.42 Å². The number of hydrogen-bond donors (Lipinski definition) is 1. The molecule has 0 spiro atoms. The van der Waals surface area contributed by atoms with E-state index >= 15 is 0 Å². The van der Waals surface area contributed by atoms with Gasteiger partial charge in [0.25, 0.3) is 0 Å². The van der Waals surface area contributed by atoms with Crippen LogP contribution in [0.15, 0.2) is 29.2 Å². The van der Waals surface area contributed by atoms with Crippen molar-refractivity contribution in [3.8, 4) is 0 Å². The lowest BCUT2D eigenvalue weighted by atomic mass is 10.1. The maximum atomic E-state index is 12.2. The molecule has 1 aliphatic rings. The third-order valence-electron chi connectivity index (χ3n) is 3.40. The van der Waals surface area contributed by atoms with Gasteiger partial charge in [0, 0.05) is 11.9 Å². The molecular weight excluding hydrogens is 270 g/mol. The summed E-state index contributed by atoms with van der Waals surface area (Å²) in [4.78, 5) is 0.316. The first kappa shape index (κ1) is 13.8. The average Bonchev–Trinajstić information content (AvgIpc) is 2.74. The van der Waals surface area contributed by atoms with E-state index < -0.39 is 10.0 Å². The lowest BCUT2D eigenvalue weighted by molar-refractivity contribution is 0.538. The van der Waals surface area contributed by atoms with E-state index in [2.05, 4.69) is 11.6 Å². The van der Waals surface area contributed by atoms with Crippen molar-refractivity contribution >= 4 is 21.6 Å². The molecule has 0 amide bonds. The Bertz CT molecular complexity index is 498. The van der Waals surface area contributed by atoms with Crippen molar-refractivity contribution in [2.24, 2.45) is 5.92 Å². The topological polar surface area (TPSA) is 46.2 Å². The fraction of sp³-hybridized carbons (Fsp3) is 0.538. The van der Waals surface area contributed by atoms with Gasteiger partial charge in [0.2, 0.25) is 10.0 Å². The van der Waals surface area contributed by atoms with Crippen LogP contribution in [0, 0.1) is 5.92 Å². The molecule has 3 nitrogen and oxygen atoms in total. The summed E-state index contributed by atoms with van der Waals surface area (Å²) in [6.45, 7) is 2.16. The molecule has 1 aromatic carbocycles. The number of halogens is 1. The molecule has 0 bridgehead atoms. The molecule has 0 aliphatic heterocycles. The molecule has 0 radical (unpaired) electrons. The van der Waals surface area contributed by atoms with Gasteiger partial charge in [0.1, 0.15) is 0 Å².